The normalized spacial score (nSPS) is 12.0. The first-order chi connectivity index (χ1) is 21.3. The van der Waals surface area contributed by atoms with Gasteiger partial charge in [-0.1, -0.05) is 69.3 Å². The van der Waals surface area contributed by atoms with Gasteiger partial charge < -0.3 is 9.88 Å². The number of carbonyl (C=O) groups is 2. The maximum atomic E-state index is 13.4. The Hall–Kier alpha value is -4.90. The predicted molar refractivity (Wildman–Crippen MR) is 168 cm³/mol. The van der Waals surface area contributed by atoms with Crippen molar-refractivity contribution in [1.29, 1.82) is 0 Å². The van der Waals surface area contributed by atoms with Crippen molar-refractivity contribution in [3.63, 3.8) is 0 Å². The van der Waals surface area contributed by atoms with Gasteiger partial charge in [-0.25, -0.2) is 10.0 Å². The number of hydroxylamine groups is 2. The highest BCUT2D eigenvalue weighted by Crippen LogP contribution is 2.30. The second kappa shape index (κ2) is 13.6. The lowest BCUT2D eigenvalue weighted by Gasteiger charge is -2.23. The van der Waals surface area contributed by atoms with E-state index in [1.165, 1.54) is 0 Å². The number of tetrazole rings is 1. The monoisotopic (exact) mass is 594 g/mol. The zero-order valence-corrected chi connectivity index (χ0v) is 25.5. The molecular formula is C33H38N8O3. The molecule has 3 aromatic carbocycles. The number of rotatable bonds is 13. The summed E-state index contributed by atoms with van der Waals surface area (Å²) in [5.74, 6) is 1.52. The zero-order valence-electron chi connectivity index (χ0n) is 25.5. The summed E-state index contributed by atoms with van der Waals surface area (Å²) in [6.45, 7) is 8.77. The molecule has 1 unspecified atom stereocenters. The first-order valence-corrected chi connectivity index (χ1v) is 14.9. The van der Waals surface area contributed by atoms with Crippen LogP contribution in [-0.4, -0.2) is 65.3 Å². The van der Waals surface area contributed by atoms with Crippen molar-refractivity contribution in [2.75, 3.05) is 6.54 Å². The molecule has 1 atom stereocenters. The third-order valence-corrected chi connectivity index (χ3v) is 7.60. The van der Waals surface area contributed by atoms with Crippen LogP contribution in [0.3, 0.4) is 0 Å². The Balaban J connectivity index is 1.45. The molecule has 0 fully saturated rings. The van der Waals surface area contributed by atoms with Crippen molar-refractivity contribution in [3.8, 4) is 22.5 Å². The first kappa shape index (κ1) is 30.6. The summed E-state index contributed by atoms with van der Waals surface area (Å²) >= 11 is 0. The summed E-state index contributed by atoms with van der Waals surface area (Å²) in [6.07, 6.45) is 2.71. The largest absolute Gasteiger partial charge is 0.347 e. The number of benzene rings is 3. The van der Waals surface area contributed by atoms with Gasteiger partial charge in [-0.2, -0.15) is 5.21 Å². The summed E-state index contributed by atoms with van der Waals surface area (Å²) in [5, 5.41) is 27.9. The number of nitrogens with one attached hydrogen (secondary N) is 2. The van der Waals surface area contributed by atoms with Crippen LogP contribution in [0.4, 0.5) is 0 Å². The fraction of sp³-hybridized carbons (Fsp3) is 0.333. The quantitative estimate of drug-likeness (QED) is 0.0968. The Morgan fingerprint density at radius 2 is 1.86 bits per heavy atom. The summed E-state index contributed by atoms with van der Waals surface area (Å²) in [5.41, 5.74) is 7.24. The topological polar surface area (TPSA) is 142 Å². The smallest absolute Gasteiger partial charge is 0.251 e. The van der Waals surface area contributed by atoms with Crippen molar-refractivity contribution in [1.82, 2.24) is 40.6 Å². The van der Waals surface area contributed by atoms with Crippen molar-refractivity contribution in [3.05, 3.63) is 83.2 Å². The number of nitrogens with zero attached hydrogens (tertiary/aromatic N) is 6. The second-order valence-electron chi connectivity index (χ2n) is 11.5. The number of aryl methyl sites for hydroxylation is 2. The SMILES string of the molecule is CCCc1nc2c(C)cc(C(=O)NC(CC(C)C)CN(O)C=O)cc2n1Cc1ccc(-c2ccccc2-c2nn[nH]n2)cc1. The van der Waals surface area contributed by atoms with Crippen LogP contribution in [-0.2, 0) is 17.8 Å². The van der Waals surface area contributed by atoms with Gasteiger partial charge in [0.25, 0.3) is 5.91 Å². The van der Waals surface area contributed by atoms with Crippen LogP contribution in [0.15, 0.2) is 60.7 Å². The maximum absolute atomic E-state index is 13.4. The minimum Gasteiger partial charge on any atom is -0.347 e. The summed E-state index contributed by atoms with van der Waals surface area (Å²) < 4.78 is 2.19. The summed E-state index contributed by atoms with van der Waals surface area (Å²) in [7, 11) is 0. The van der Waals surface area contributed by atoms with Crippen LogP contribution in [0.25, 0.3) is 33.5 Å². The summed E-state index contributed by atoms with van der Waals surface area (Å²) in [4.78, 5) is 29.4. The van der Waals surface area contributed by atoms with Gasteiger partial charge in [0, 0.05) is 30.1 Å². The first-order valence-electron chi connectivity index (χ1n) is 14.9. The highest BCUT2D eigenvalue weighted by molar-refractivity contribution is 5.98. The van der Waals surface area contributed by atoms with E-state index in [1.54, 1.807) is 0 Å². The molecule has 5 rings (SSSR count). The fourth-order valence-electron chi connectivity index (χ4n) is 5.63. The summed E-state index contributed by atoms with van der Waals surface area (Å²) in [6, 6.07) is 19.7. The van der Waals surface area contributed by atoms with Gasteiger partial charge in [0.05, 0.1) is 17.6 Å². The highest BCUT2D eigenvalue weighted by atomic mass is 16.5. The van der Waals surface area contributed by atoms with Gasteiger partial charge in [-0.15, -0.1) is 10.2 Å². The van der Waals surface area contributed by atoms with Crippen LogP contribution in [0.1, 0.15) is 60.9 Å². The highest BCUT2D eigenvalue weighted by Gasteiger charge is 2.21. The van der Waals surface area contributed by atoms with Gasteiger partial charge in [-0.3, -0.25) is 14.8 Å². The van der Waals surface area contributed by atoms with Crippen molar-refractivity contribution in [2.45, 2.75) is 59.5 Å². The van der Waals surface area contributed by atoms with Gasteiger partial charge in [-0.05, 0) is 65.3 Å². The third kappa shape index (κ3) is 6.84. The number of H-pyrrole nitrogens is 1. The Bertz CT molecular complexity index is 1730. The molecule has 0 aliphatic carbocycles. The number of amides is 2. The zero-order chi connectivity index (χ0) is 31.2. The van der Waals surface area contributed by atoms with Crippen LogP contribution < -0.4 is 5.32 Å². The molecule has 5 aromatic rings. The molecule has 0 aliphatic heterocycles. The predicted octanol–water partition coefficient (Wildman–Crippen LogP) is 5.18. The van der Waals surface area contributed by atoms with Crippen molar-refractivity contribution < 1.29 is 14.8 Å². The van der Waals surface area contributed by atoms with Gasteiger partial charge >= 0.3 is 0 Å². The van der Waals surface area contributed by atoms with E-state index in [1.807, 2.05) is 57.2 Å². The lowest BCUT2D eigenvalue weighted by atomic mass is 9.98. The van der Waals surface area contributed by atoms with Crippen LogP contribution in [0.5, 0.6) is 0 Å². The number of imidazole rings is 1. The molecule has 228 valence electrons. The van der Waals surface area contributed by atoms with E-state index in [0.717, 1.165) is 57.5 Å². The van der Waals surface area contributed by atoms with Gasteiger partial charge in [0.1, 0.15) is 5.82 Å². The average Bonchev–Trinajstić information content (AvgIpc) is 3.67. The number of aromatic nitrogens is 6. The number of hydrogen-bond donors (Lipinski definition) is 3. The lowest BCUT2D eigenvalue weighted by Crippen LogP contribution is -2.43. The van der Waals surface area contributed by atoms with Crippen LogP contribution in [0, 0.1) is 12.8 Å². The molecule has 44 heavy (non-hydrogen) atoms. The molecule has 0 saturated heterocycles. The molecule has 3 N–H and O–H groups in total. The molecule has 0 spiro atoms. The minimum absolute atomic E-state index is 0.0167. The second-order valence-corrected chi connectivity index (χ2v) is 11.5. The number of carbonyl (C=O) groups excluding carboxylic acids is 2. The molecule has 0 bridgehead atoms. The van der Waals surface area contributed by atoms with E-state index in [9.17, 15) is 14.8 Å². The van der Waals surface area contributed by atoms with E-state index in [-0.39, 0.29) is 18.4 Å². The standard InChI is InChI=1S/C33H38N8O3/c1-5-8-30-35-31-22(4)16-25(33(43)34-26(15-21(2)3)19-40(44)20-42)17-29(31)41(30)18-23-11-13-24(14-12-23)27-9-6-7-10-28(27)32-36-38-39-37-32/h6-7,9-14,16-17,20-21,26,44H,5,8,15,18-19H2,1-4H3,(H,34,43)(H,36,37,38,39). The molecule has 0 radical (unpaired) electrons. The van der Waals surface area contributed by atoms with E-state index < -0.39 is 6.04 Å². The molecule has 2 aromatic heterocycles. The average molecular weight is 595 g/mol. The van der Waals surface area contributed by atoms with Gasteiger partial charge in [0.2, 0.25) is 12.2 Å². The Morgan fingerprint density at radius 3 is 2.52 bits per heavy atom. The molecule has 0 aliphatic rings. The molecule has 11 heteroatoms. The molecule has 2 heterocycles. The van der Waals surface area contributed by atoms with Gasteiger partial charge in [0.15, 0.2) is 0 Å². The lowest BCUT2D eigenvalue weighted by molar-refractivity contribution is -0.151. The van der Waals surface area contributed by atoms with E-state index in [2.05, 4.69) is 61.7 Å². The number of fused-ring (bicyclic) bond motifs is 1. The number of aromatic amines is 1. The van der Waals surface area contributed by atoms with E-state index in [4.69, 9.17) is 4.98 Å². The Kier molecular flexibility index (Phi) is 9.44. The van der Waals surface area contributed by atoms with Crippen molar-refractivity contribution >= 4 is 23.4 Å². The van der Waals surface area contributed by atoms with E-state index >= 15 is 0 Å². The Morgan fingerprint density at radius 1 is 1.11 bits per heavy atom. The maximum Gasteiger partial charge on any atom is 0.251 e. The van der Waals surface area contributed by atoms with Crippen LogP contribution >= 0.6 is 0 Å². The molecule has 2 amide bonds. The van der Waals surface area contributed by atoms with Crippen molar-refractivity contribution in [2.24, 2.45) is 5.92 Å². The number of hydrogen-bond acceptors (Lipinski definition) is 7. The Labute approximate surface area is 256 Å². The minimum atomic E-state index is -0.391. The molecular weight excluding hydrogens is 556 g/mol. The molecule has 0 saturated carbocycles. The van der Waals surface area contributed by atoms with Crippen LogP contribution in [0.2, 0.25) is 0 Å². The fourth-order valence-corrected chi connectivity index (χ4v) is 5.63. The van der Waals surface area contributed by atoms with E-state index in [0.29, 0.717) is 35.8 Å². The molecule has 11 nitrogen and oxygen atoms in total. The third-order valence-electron chi connectivity index (χ3n) is 7.60.